The zero-order valence-electron chi connectivity index (χ0n) is 9.35. The van der Waals surface area contributed by atoms with Crippen LogP contribution in [0, 0.1) is 0 Å². The van der Waals surface area contributed by atoms with Crippen LogP contribution in [0.5, 0.6) is 0 Å². The number of thioether (sulfide) groups is 1. The number of carbonyl (C=O) groups excluding carboxylic acids is 3. The monoisotopic (exact) mass is 249 g/mol. The quantitative estimate of drug-likeness (QED) is 0.626. The first-order valence-electron chi connectivity index (χ1n) is 4.58. The van der Waals surface area contributed by atoms with E-state index in [0.29, 0.717) is 0 Å². The van der Waals surface area contributed by atoms with Gasteiger partial charge in [0.1, 0.15) is 12.1 Å². The van der Waals surface area contributed by atoms with Crippen molar-refractivity contribution < 1.29 is 24.2 Å². The number of amides is 1. The summed E-state index contributed by atoms with van der Waals surface area (Å²) in [5, 5.41) is 10.8. The summed E-state index contributed by atoms with van der Waals surface area (Å²) in [6.07, 6.45) is -1.10. The highest BCUT2D eigenvalue weighted by molar-refractivity contribution is 8.13. The number of aliphatic hydroxyl groups excluding tert-OH is 1. The standard InChI is InChI=1S/C9H15NO5S/c1-5(11)9(14)16-4-7(8(13)15-3)10-6(2)12/h5,7,11H,4H2,1-3H3,(H,10,12). The maximum absolute atomic E-state index is 11.2. The van der Waals surface area contributed by atoms with Gasteiger partial charge in [-0.2, -0.15) is 0 Å². The van der Waals surface area contributed by atoms with Gasteiger partial charge in [-0.25, -0.2) is 4.79 Å². The second kappa shape index (κ2) is 7.24. The van der Waals surface area contributed by atoms with Crippen molar-refractivity contribution in [2.75, 3.05) is 12.9 Å². The summed E-state index contributed by atoms with van der Waals surface area (Å²) in [6.45, 7) is 2.60. The number of ether oxygens (including phenoxy) is 1. The molecule has 0 radical (unpaired) electrons. The van der Waals surface area contributed by atoms with Gasteiger partial charge < -0.3 is 15.2 Å². The average Bonchev–Trinajstić information content (AvgIpc) is 2.21. The number of esters is 1. The summed E-state index contributed by atoms with van der Waals surface area (Å²) in [7, 11) is 1.19. The molecule has 1 amide bonds. The average molecular weight is 249 g/mol. The van der Waals surface area contributed by atoms with Crippen molar-refractivity contribution in [1.82, 2.24) is 5.32 Å². The van der Waals surface area contributed by atoms with Crippen LogP contribution in [-0.4, -0.2) is 47.1 Å². The van der Waals surface area contributed by atoms with Crippen LogP contribution in [0.15, 0.2) is 0 Å². The molecule has 92 valence electrons. The van der Waals surface area contributed by atoms with Crippen molar-refractivity contribution in [2.45, 2.75) is 26.0 Å². The Hall–Kier alpha value is -1.08. The summed E-state index contributed by atoms with van der Waals surface area (Å²) in [5.74, 6) is -0.975. The topological polar surface area (TPSA) is 92.7 Å². The van der Waals surface area contributed by atoms with E-state index in [9.17, 15) is 14.4 Å². The van der Waals surface area contributed by atoms with Gasteiger partial charge in [0.15, 0.2) is 0 Å². The third-order valence-corrected chi connectivity index (χ3v) is 2.72. The molecule has 0 aromatic carbocycles. The Morgan fingerprint density at radius 3 is 2.38 bits per heavy atom. The second-order valence-corrected chi connectivity index (χ2v) is 4.11. The van der Waals surface area contributed by atoms with E-state index in [0.717, 1.165) is 11.8 Å². The van der Waals surface area contributed by atoms with Crippen molar-refractivity contribution in [3.05, 3.63) is 0 Å². The SMILES string of the molecule is COC(=O)C(CSC(=O)C(C)O)NC(C)=O. The van der Waals surface area contributed by atoms with Gasteiger partial charge in [0.05, 0.1) is 7.11 Å². The molecule has 2 unspecified atom stereocenters. The Morgan fingerprint density at radius 1 is 1.44 bits per heavy atom. The molecule has 0 saturated heterocycles. The van der Waals surface area contributed by atoms with Crippen LogP contribution in [-0.2, 0) is 19.1 Å². The van der Waals surface area contributed by atoms with Crippen molar-refractivity contribution in [1.29, 1.82) is 0 Å². The summed E-state index contributed by atoms with van der Waals surface area (Å²) in [5.41, 5.74) is 0. The Balaban J connectivity index is 4.27. The van der Waals surface area contributed by atoms with Crippen LogP contribution in [0.3, 0.4) is 0 Å². The molecule has 0 aliphatic heterocycles. The highest BCUT2D eigenvalue weighted by atomic mass is 32.2. The summed E-state index contributed by atoms with van der Waals surface area (Å²) < 4.78 is 4.47. The van der Waals surface area contributed by atoms with Gasteiger partial charge >= 0.3 is 5.97 Å². The number of hydrogen-bond acceptors (Lipinski definition) is 6. The molecular weight excluding hydrogens is 234 g/mol. The molecule has 0 spiro atoms. The van der Waals surface area contributed by atoms with Crippen LogP contribution >= 0.6 is 11.8 Å². The molecule has 6 nitrogen and oxygen atoms in total. The molecule has 0 fully saturated rings. The van der Waals surface area contributed by atoms with E-state index in [-0.39, 0.29) is 11.7 Å². The fourth-order valence-electron chi connectivity index (χ4n) is 0.842. The largest absolute Gasteiger partial charge is 0.467 e. The lowest BCUT2D eigenvalue weighted by Crippen LogP contribution is -2.42. The van der Waals surface area contributed by atoms with Gasteiger partial charge in [0, 0.05) is 12.7 Å². The maximum atomic E-state index is 11.2. The molecule has 0 rings (SSSR count). The van der Waals surface area contributed by atoms with Crippen molar-refractivity contribution in [3.63, 3.8) is 0 Å². The van der Waals surface area contributed by atoms with Crippen LogP contribution in [0.1, 0.15) is 13.8 Å². The van der Waals surface area contributed by atoms with E-state index in [1.165, 1.54) is 21.0 Å². The van der Waals surface area contributed by atoms with Gasteiger partial charge in [-0.3, -0.25) is 9.59 Å². The normalized spacial score (nSPS) is 13.8. The predicted molar refractivity (Wildman–Crippen MR) is 58.8 cm³/mol. The summed E-state index contributed by atoms with van der Waals surface area (Å²) in [4.78, 5) is 33.1. The van der Waals surface area contributed by atoms with Gasteiger partial charge in [-0.05, 0) is 6.92 Å². The van der Waals surface area contributed by atoms with Gasteiger partial charge in [0.2, 0.25) is 11.0 Å². The van der Waals surface area contributed by atoms with E-state index < -0.39 is 23.2 Å². The highest BCUT2D eigenvalue weighted by Gasteiger charge is 2.22. The minimum Gasteiger partial charge on any atom is -0.467 e. The summed E-state index contributed by atoms with van der Waals surface area (Å²) >= 11 is 0.774. The van der Waals surface area contributed by atoms with E-state index in [1.54, 1.807) is 0 Å². The number of hydrogen-bond donors (Lipinski definition) is 2. The molecule has 0 aromatic heterocycles. The second-order valence-electron chi connectivity index (χ2n) is 3.08. The van der Waals surface area contributed by atoms with Crippen LogP contribution in [0.25, 0.3) is 0 Å². The molecule has 2 N–H and O–H groups in total. The lowest BCUT2D eigenvalue weighted by molar-refractivity contribution is -0.144. The first-order valence-corrected chi connectivity index (χ1v) is 5.56. The Kier molecular flexibility index (Phi) is 6.75. The van der Waals surface area contributed by atoms with Gasteiger partial charge in [0.25, 0.3) is 0 Å². The summed E-state index contributed by atoms with van der Waals surface area (Å²) in [6, 6.07) is -0.879. The number of aliphatic hydroxyl groups is 1. The molecule has 7 heteroatoms. The van der Waals surface area contributed by atoms with Crippen LogP contribution in [0.2, 0.25) is 0 Å². The molecule has 0 saturated carbocycles. The van der Waals surface area contributed by atoms with E-state index >= 15 is 0 Å². The van der Waals surface area contributed by atoms with Gasteiger partial charge in [-0.15, -0.1) is 0 Å². The fraction of sp³-hybridized carbons (Fsp3) is 0.667. The van der Waals surface area contributed by atoms with Crippen LogP contribution in [0.4, 0.5) is 0 Å². The van der Waals surface area contributed by atoms with E-state index in [2.05, 4.69) is 10.1 Å². The molecule has 0 bridgehead atoms. The smallest absolute Gasteiger partial charge is 0.329 e. The first kappa shape index (κ1) is 14.9. The molecule has 0 aromatic rings. The van der Waals surface area contributed by atoms with Gasteiger partial charge in [-0.1, -0.05) is 11.8 Å². The lowest BCUT2D eigenvalue weighted by Gasteiger charge is -2.14. The molecule has 0 aliphatic rings. The third-order valence-electron chi connectivity index (χ3n) is 1.60. The molecule has 2 atom stereocenters. The molecule has 0 heterocycles. The number of methoxy groups -OCH3 is 1. The molecule has 16 heavy (non-hydrogen) atoms. The number of rotatable bonds is 5. The molecule has 0 aliphatic carbocycles. The third kappa shape index (κ3) is 5.72. The highest BCUT2D eigenvalue weighted by Crippen LogP contribution is 2.08. The lowest BCUT2D eigenvalue weighted by atomic mass is 10.3. The minimum atomic E-state index is -1.10. The zero-order chi connectivity index (χ0) is 12.7. The zero-order valence-corrected chi connectivity index (χ0v) is 10.2. The van der Waals surface area contributed by atoms with E-state index in [1.807, 2.05) is 0 Å². The number of nitrogens with one attached hydrogen (secondary N) is 1. The van der Waals surface area contributed by atoms with Crippen molar-refractivity contribution in [2.24, 2.45) is 0 Å². The Labute approximate surface area is 97.7 Å². The van der Waals surface area contributed by atoms with E-state index in [4.69, 9.17) is 5.11 Å². The van der Waals surface area contributed by atoms with Crippen molar-refractivity contribution in [3.8, 4) is 0 Å². The molecular formula is C9H15NO5S. The Bertz CT molecular complexity index is 279. The predicted octanol–water partition coefficient (Wildman–Crippen LogP) is -0.695. The van der Waals surface area contributed by atoms with Crippen molar-refractivity contribution >= 4 is 28.8 Å². The van der Waals surface area contributed by atoms with Crippen LogP contribution < -0.4 is 5.32 Å². The maximum Gasteiger partial charge on any atom is 0.329 e. The minimum absolute atomic E-state index is 0.0377. The first-order chi connectivity index (χ1) is 7.38. The Morgan fingerprint density at radius 2 is 2.00 bits per heavy atom. The number of carbonyl (C=O) groups is 3. The fourth-order valence-corrected chi connectivity index (χ4v) is 1.63.